The number of carboxylic acids is 1. The Bertz CT molecular complexity index is 538. The topological polar surface area (TPSA) is 112 Å². The van der Waals surface area contributed by atoms with Crippen LogP contribution in [0, 0.1) is 0 Å². The standard InChI is InChI=1S/C9H12N4O4S.ClH/c14-9(15)7-5-11-3-4-13(7)18(16,17)8-6-10-1-2-12-8;/h1-2,6-7,11H,3-5H2,(H,14,15);1H. The van der Waals surface area contributed by atoms with Gasteiger partial charge in [0.05, 0.1) is 6.20 Å². The van der Waals surface area contributed by atoms with E-state index in [2.05, 4.69) is 15.3 Å². The average Bonchev–Trinajstić information content (AvgIpc) is 2.39. The number of halogens is 1. The van der Waals surface area contributed by atoms with Gasteiger partial charge in [-0.15, -0.1) is 12.4 Å². The van der Waals surface area contributed by atoms with E-state index in [4.69, 9.17) is 5.11 Å². The first-order valence-corrected chi connectivity index (χ1v) is 6.69. The van der Waals surface area contributed by atoms with Gasteiger partial charge in [-0.25, -0.2) is 13.4 Å². The predicted octanol–water partition coefficient (Wildman–Crippen LogP) is -1.05. The fourth-order valence-corrected chi connectivity index (χ4v) is 3.18. The first kappa shape index (κ1) is 15.8. The van der Waals surface area contributed by atoms with E-state index in [1.54, 1.807) is 0 Å². The molecule has 0 amide bonds. The van der Waals surface area contributed by atoms with Gasteiger partial charge in [-0.2, -0.15) is 4.31 Å². The maximum Gasteiger partial charge on any atom is 0.323 e. The molecule has 0 aliphatic carbocycles. The van der Waals surface area contributed by atoms with Crippen LogP contribution in [0.25, 0.3) is 0 Å². The smallest absolute Gasteiger partial charge is 0.323 e. The van der Waals surface area contributed by atoms with E-state index in [1.807, 2.05) is 0 Å². The average molecular weight is 309 g/mol. The van der Waals surface area contributed by atoms with E-state index in [1.165, 1.54) is 12.4 Å². The van der Waals surface area contributed by atoms with E-state index in [-0.39, 0.29) is 30.5 Å². The Morgan fingerprint density at radius 1 is 1.47 bits per heavy atom. The monoisotopic (exact) mass is 308 g/mol. The van der Waals surface area contributed by atoms with Gasteiger partial charge in [0, 0.05) is 32.0 Å². The van der Waals surface area contributed by atoms with Gasteiger partial charge in [0.15, 0.2) is 5.03 Å². The van der Waals surface area contributed by atoms with Crippen molar-refractivity contribution < 1.29 is 18.3 Å². The summed E-state index contributed by atoms with van der Waals surface area (Å²) in [7, 11) is -3.92. The van der Waals surface area contributed by atoms with Crippen molar-refractivity contribution in [2.45, 2.75) is 11.1 Å². The number of nitrogens with one attached hydrogen (secondary N) is 1. The summed E-state index contributed by atoms with van der Waals surface area (Å²) in [6.07, 6.45) is 3.71. The highest BCUT2D eigenvalue weighted by Gasteiger charge is 2.38. The van der Waals surface area contributed by atoms with Crippen LogP contribution >= 0.6 is 12.4 Å². The highest BCUT2D eigenvalue weighted by Crippen LogP contribution is 2.16. The van der Waals surface area contributed by atoms with Crippen LogP contribution in [0.15, 0.2) is 23.6 Å². The molecule has 10 heteroatoms. The minimum absolute atomic E-state index is 0. The maximum atomic E-state index is 12.2. The second-order valence-electron chi connectivity index (χ2n) is 3.72. The van der Waals surface area contributed by atoms with Crippen molar-refractivity contribution >= 4 is 28.4 Å². The molecule has 1 aromatic rings. The Labute approximate surface area is 116 Å². The van der Waals surface area contributed by atoms with Crippen LogP contribution in [0.5, 0.6) is 0 Å². The number of carboxylic acid groups (broad SMARTS) is 1. The SMILES string of the molecule is Cl.O=C(O)C1CNCCN1S(=O)(=O)c1cnccn1. The Balaban J connectivity index is 0.00000180. The van der Waals surface area contributed by atoms with E-state index < -0.39 is 22.0 Å². The molecule has 106 valence electrons. The third-order valence-corrected chi connectivity index (χ3v) is 4.39. The number of rotatable bonds is 3. The molecular weight excluding hydrogens is 296 g/mol. The third kappa shape index (κ3) is 3.18. The highest BCUT2D eigenvalue weighted by atomic mass is 35.5. The molecule has 0 spiro atoms. The summed E-state index contributed by atoms with van der Waals surface area (Å²) in [5.41, 5.74) is 0. The number of piperazine rings is 1. The fourth-order valence-electron chi connectivity index (χ4n) is 1.72. The van der Waals surface area contributed by atoms with E-state index >= 15 is 0 Å². The summed E-state index contributed by atoms with van der Waals surface area (Å²) in [6, 6.07) is -1.12. The lowest BCUT2D eigenvalue weighted by Crippen LogP contribution is -2.56. The normalized spacial score (nSPS) is 20.5. The van der Waals surface area contributed by atoms with Crippen molar-refractivity contribution in [3.05, 3.63) is 18.6 Å². The molecule has 8 nitrogen and oxygen atoms in total. The molecule has 0 aromatic carbocycles. The van der Waals surface area contributed by atoms with E-state index in [0.717, 1.165) is 10.5 Å². The predicted molar refractivity (Wildman–Crippen MR) is 67.5 cm³/mol. The summed E-state index contributed by atoms with van der Waals surface area (Å²) in [4.78, 5) is 18.5. The zero-order valence-electron chi connectivity index (χ0n) is 9.76. The number of carbonyl (C=O) groups is 1. The van der Waals surface area contributed by atoms with Crippen molar-refractivity contribution in [1.82, 2.24) is 19.6 Å². The molecule has 1 fully saturated rings. The first-order valence-electron chi connectivity index (χ1n) is 5.25. The lowest BCUT2D eigenvalue weighted by Gasteiger charge is -2.31. The van der Waals surface area contributed by atoms with Crippen molar-refractivity contribution in [1.29, 1.82) is 0 Å². The van der Waals surface area contributed by atoms with E-state index in [9.17, 15) is 13.2 Å². The summed E-state index contributed by atoms with van der Waals surface area (Å²) < 4.78 is 25.4. The minimum atomic E-state index is -3.92. The molecule has 2 N–H and O–H groups in total. The van der Waals surface area contributed by atoms with Crippen LogP contribution in [0.2, 0.25) is 0 Å². The number of hydrogen-bond acceptors (Lipinski definition) is 6. The highest BCUT2D eigenvalue weighted by molar-refractivity contribution is 7.89. The van der Waals surface area contributed by atoms with Crippen LogP contribution in [0.4, 0.5) is 0 Å². The molecule has 0 bridgehead atoms. The van der Waals surface area contributed by atoms with Crippen molar-refractivity contribution in [2.24, 2.45) is 0 Å². The summed E-state index contributed by atoms with van der Waals surface area (Å²) in [6.45, 7) is 0.577. The molecule has 0 saturated carbocycles. The molecule has 2 heterocycles. The molecule has 19 heavy (non-hydrogen) atoms. The van der Waals surface area contributed by atoms with Gasteiger partial charge >= 0.3 is 5.97 Å². The van der Waals surface area contributed by atoms with Gasteiger partial charge in [-0.3, -0.25) is 9.78 Å². The summed E-state index contributed by atoms with van der Waals surface area (Å²) in [5, 5.41) is 11.6. The van der Waals surface area contributed by atoms with Crippen molar-refractivity contribution in [3.63, 3.8) is 0 Å². The second kappa shape index (κ2) is 6.24. The van der Waals surface area contributed by atoms with Gasteiger partial charge in [0.25, 0.3) is 10.0 Å². The van der Waals surface area contributed by atoms with E-state index in [0.29, 0.717) is 6.54 Å². The van der Waals surface area contributed by atoms with Gasteiger partial charge in [0.1, 0.15) is 6.04 Å². The zero-order chi connectivity index (χ0) is 13.2. The van der Waals surface area contributed by atoms with Crippen molar-refractivity contribution in [3.8, 4) is 0 Å². The summed E-state index contributed by atoms with van der Waals surface area (Å²) in [5.74, 6) is -1.19. The molecule has 1 unspecified atom stereocenters. The summed E-state index contributed by atoms with van der Waals surface area (Å²) >= 11 is 0. The number of aliphatic carboxylic acids is 1. The Morgan fingerprint density at radius 3 is 2.79 bits per heavy atom. The van der Waals surface area contributed by atoms with Crippen LogP contribution in [0.1, 0.15) is 0 Å². The van der Waals surface area contributed by atoms with Crippen LogP contribution < -0.4 is 5.32 Å². The Hall–Kier alpha value is -1.29. The quantitative estimate of drug-likeness (QED) is 0.732. The molecule has 1 aliphatic heterocycles. The maximum absolute atomic E-state index is 12.2. The number of nitrogens with zero attached hydrogens (tertiary/aromatic N) is 3. The fraction of sp³-hybridized carbons (Fsp3) is 0.444. The first-order chi connectivity index (χ1) is 8.53. The molecular formula is C9H13ClN4O4S. The Morgan fingerprint density at radius 2 is 2.21 bits per heavy atom. The molecule has 1 aliphatic rings. The zero-order valence-corrected chi connectivity index (χ0v) is 11.4. The third-order valence-electron chi connectivity index (χ3n) is 2.59. The molecule has 1 saturated heterocycles. The van der Waals surface area contributed by atoms with Crippen LogP contribution in [-0.4, -0.2) is 59.4 Å². The lowest BCUT2D eigenvalue weighted by atomic mass is 10.2. The van der Waals surface area contributed by atoms with Gasteiger partial charge in [-0.05, 0) is 0 Å². The molecule has 1 aromatic heterocycles. The van der Waals surface area contributed by atoms with Crippen molar-refractivity contribution in [2.75, 3.05) is 19.6 Å². The molecule has 1 atom stereocenters. The number of aromatic nitrogens is 2. The van der Waals surface area contributed by atoms with Gasteiger partial charge < -0.3 is 10.4 Å². The number of sulfonamides is 1. The number of hydrogen-bond donors (Lipinski definition) is 2. The van der Waals surface area contributed by atoms with Crippen LogP contribution in [-0.2, 0) is 14.8 Å². The Kier molecular flexibility index (Phi) is 5.18. The second-order valence-corrected chi connectivity index (χ2v) is 5.55. The minimum Gasteiger partial charge on any atom is -0.480 e. The largest absolute Gasteiger partial charge is 0.480 e. The van der Waals surface area contributed by atoms with Gasteiger partial charge in [-0.1, -0.05) is 0 Å². The van der Waals surface area contributed by atoms with Gasteiger partial charge in [0.2, 0.25) is 0 Å². The molecule has 2 rings (SSSR count). The lowest BCUT2D eigenvalue weighted by molar-refractivity contribution is -0.141. The molecule has 0 radical (unpaired) electrons. The van der Waals surface area contributed by atoms with Crippen LogP contribution in [0.3, 0.4) is 0 Å².